The van der Waals surface area contributed by atoms with Crippen LogP contribution in [0.3, 0.4) is 0 Å². The van der Waals surface area contributed by atoms with Crippen molar-refractivity contribution >= 4 is 5.91 Å². The van der Waals surface area contributed by atoms with Crippen molar-refractivity contribution in [1.29, 1.82) is 0 Å². The van der Waals surface area contributed by atoms with Crippen molar-refractivity contribution in [3.63, 3.8) is 0 Å². The normalized spacial score (nSPS) is 27.0. The average molecular weight is 364 g/mol. The van der Waals surface area contributed by atoms with Crippen molar-refractivity contribution in [1.82, 2.24) is 9.80 Å². The van der Waals surface area contributed by atoms with Gasteiger partial charge in [0.15, 0.2) is 0 Å². The third-order valence-electron chi connectivity index (χ3n) is 6.62. The molecule has 1 unspecified atom stereocenters. The summed E-state index contributed by atoms with van der Waals surface area (Å²) >= 11 is 0. The van der Waals surface area contributed by atoms with Crippen LogP contribution in [0.5, 0.6) is 0 Å². The van der Waals surface area contributed by atoms with E-state index in [9.17, 15) is 9.18 Å². The van der Waals surface area contributed by atoms with Gasteiger partial charge in [-0.25, -0.2) is 4.39 Å². The zero-order chi connectivity index (χ0) is 18.4. The molecule has 0 aromatic heterocycles. The molecule has 2 fully saturated rings. The maximum absolute atomic E-state index is 13.5. The zero-order valence-electron chi connectivity index (χ0n) is 15.5. The molecule has 3 heterocycles. The summed E-state index contributed by atoms with van der Waals surface area (Å²) in [6.07, 6.45) is 3.98. The molecule has 2 aromatic carbocycles. The monoisotopic (exact) mass is 364 g/mol. The molecule has 0 radical (unpaired) electrons. The molecule has 3 nitrogen and oxygen atoms in total. The van der Waals surface area contributed by atoms with Crippen molar-refractivity contribution in [3.05, 3.63) is 71.0 Å². The van der Waals surface area contributed by atoms with E-state index in [1.807, 2.05) is 23.1 Å². The van der Waals surface area contributed by atoms with Crippen LogP contribution in [0.1, 0.15) is 42.0 Å². The van der Waals surface area contributed by atoms with E-state index in [-0.39, 0.29) is 17.8 Å². The molecule has 3 aliphatic heterocycles. The summed E-state index contributed by atoms with van der Waals surface area (Å²) in [4.78, 5) is 17.8. The highest BCUT2D eigenvalue weighted by Crippen LogP contribution is 2.38. The van der Waals surface area contributed by atoms with Gasteiger partial charge in [0.05, 0.1) is 6.04 Å². The van der Waals surface area contributed by atoms with Crippen LogP contribution < -0.4 is 0 Å². The van der Waals surface area contributed by atoms with Crippen LogP contribution in [-0.4, -0.2) is 41.4 Å². The lowest BCUT2D eigenvalue weighted by molar-refractivity contribution is -0.134. The molecule has 0 saturated carbocycles. The van der Waals surface area contributed by atoms with Crippen LogP contribution in [0.15, 0.2) is 48.5 Å². The maximum atomic E-state index is 13.5. The van der Waals surface area contributed by atoms with Gasteiger partial charge in [0.1, 0.15) is 5.82 Å². The summed E-state index contributed by atoms with van der Waals surface area (Å²) in [5, 5.41) is 0. The Morgan fingerprint density at radius 3 is 2.59 bits per heavy atom. The van der Waals surface area contributed by atoms with E-state index in [0.29, 0.717) is 12.3 Å². The Kier molecular flexibility index (Phi) is 4.24. The molecule has 0 spiro atoms. The Balaban J connectivity index is 1.43. The summed E-state index contributed by atoms with van der Waals surface area (Å²) in [7, 11) is 0. The fourth-order valence-electron chi connectivity index (χ4n) is 5.14. The number of carbonyl (C=O) groups is 1. The van der Waals surface area contributed by atoms with E-state index >= 15 is 0 Å². The number of halogens is 1. The summed E-state index contributed by atoms with van der Waals surface area (Å²) in [6, 6.07) is 15.6. The number of benzene rings is 2. The standard InChI is InChI=1S/C23H25FN2O/c24-19-7-5-18(6-8-19)23-21-4-2-1-3-17(21)9-12-26(23)22(27)14-16-13-20-10-11-25(20)15-16/h1-8,16,20,23H,9-15H2/t16?,20-,23+/m1/s1. The molecule has 3 aliphatic rings. The van der Waals surface area contributed by atoms with Gasteiger partial charge in [-0.3, -0.25) is 9.69 Å². The molecule has 1 amide bonds. The minimum atomic E-state index is -0.240. The molecule has 2 aromatic rings. The van der Waals surface area contributed by atoms with Crippen LogP contribution in [0.25, 0.3) is 0 Å². The molecule has 4 heteroatoms. The van der Waals surface area contributed by atoms with E-state index in [4.69, 9.17) is 0 Å². The third-order valence-corrected chi connectivity index (χ3v) is 6.62. The molecule has 27 heavy (non-hydrogen) atoms. The summed E-state index contributed by atoms with van der Waals surface area (Å²) < 4.78 is 13.5. The molecule has 2 saturated heterocycles. The predicted molar refractivity (Wildman–Crippen MR) is 103 cm³/mol. The smallest absolute Gasteiger partial charge is 0.223 e. The molecule has 3 atom stereocenters. The molecular formula is C23H25FN2O. The van der Waals surface area contributed by atoms with Crippen molar-refractivity contribution in [3.8, 4) is 0 Å². The Morgan fingerprint density at radius 1 is 1.07 bits per heavy atom. The SMILES string of the molecule is O=C(CC1C[C@H]2CCN2C1)N1CCc2ccccc2[C@@H]1c1ccc(F)cc1. The van der Waals surface area contributed by atoms with Crippen LogP contribution in [0.2, 0.25) is 0 Å². The van der Waals surface area contributed by atoms with Gasteiger partial charge in [-0.15, -0.1) is 0 Å². The number of fused-ring (bicyclic) bond motifs is 2. The second-order valence-corrected chi connectivity index (χ2v) is 8.23. The number of carbonyl (C=O) groups excluding carboxylic acids is 1. The minimum Gasteiger partial charge on any atom is -0.331 e. The average Bonchev–Trinajstić information content (AvgIpc) is 2.95. The number of rotatable bonds is 3. The summed E-state index contributed by atoms with van der Waals surface area (Å²) in [5.74, 6) is 0.485. The van der Waals surface area contributed by atoms with Gasteiger partial charge in [-0.05, 0) is 60.5 Å². The van der Waals surface area contributed by atoms with Crippen LogP contribution >= 0.6 is 0 Å². The van der Waals surface area contributed by atoms with Crippen LogP contribution in [0.4, 0.5) is 4.39 Å². The highest BCUT2D eigenvalue weighted by molar-refractivity contribution is 5.78. The van der Waals surface area contributed by atoms with E-state index < -0.39 is 0 Å². The van der Waals surface area contributed by atoms with Gasteiger partial charge in [0, 0.05) is 25.6 Å². The second-order valence-electron chi connectivity index (χ2n) is 8.23. The lowest BCUT2D eigenvalue weighted by Crippen LogP contribution is -2.42. The molecule has 0 N–H and O–H groups in total. The first kappa shape index (κ1) is 16.9. The quantitative estimate of drug-likeness (QED) is 0.827. The lowest BCUT2D eigenvalue weighted by Gasteiger charge is -2.38. The topological polar surface area (TPSA) is 23.6 Å². The second kappa shape index (κ2) is 6.75. The zero-order valence-corrected chi connectivity index (χ0v) is 15.5. The number of hydrogen-bond donors (Lipinski definition) is 0. The first-order valence-corrected chi connectivity index (χ1v) is 10.1. The van der Waals surface area contributed by atoms with Crippen LogP contribution in [0, 0.1) is 11.7 Å². The lowest BCUT2D eigenvalue weighted by atomic mass is 9.87. The molecular weight excluding hydrogens is 339 g/mol. The maximum Gasteiger partial charge on any atom is 0.223 e. The van der Waals surface area contributed by atoms with Gasteiger partial charge >= 0.3 is 0 Å². The molecule has 5 rings (SSSR count). The third kappa shape index (κ3) is 3.06. The van der Waals surface area contributed by atoms with E-state index in [1.165, 1.54) is 36.2 Å². The Hall–Kier alpha value is -2.20. The number of amides is 1. The van der Waals surface area contributed by atoms with Crippen molar-refractivity contribution in [2.75, 3.05) is 19.6 Å². The van der Waals surface area contributed by atoms with E-state index in [2.05, 4.69) is 23.1 Å². The van der Waals surface area contributed by atoms with Crippen molar-refractivity contribution in [2.45, 2.75) is 37.8 Å². The fraction of sp³-hybridized carbons (Fsp3) is 0.435. The van der Waals surface area contributed by atoms with E-state index in [1.54, 1.807) is 0 Å². The van der Waals surface area contributed by atoms with Gasteiger partial charge in [0.2, 0.25) is 5.91 Å². The summed E-state index contributed by atoms with van der Waals surface area (Å²) in [5.41, 5.74) is 3.46. The highest BCUT2D eigenvalue weighted by Gasteiger charge is 2.40. The van der Waals surface area contributed by atoms with Crippen LogP contribution in [-0.2, 0) is 11.2 Å². The van der Waals surface area contributed by atoms with Gasteiger partial charge in [-0.1, -0.05) is 36.4 Å². The molecule has 0 aliphatic carbocycles. The Bertz CT molecular complexity index is 838. The predicted octanol–water partition coefficient (Wildman–Crippen LogP) is 3.78. The number of hydrogen-bond acceptors (Lipinski definition) is 2. The number of nitrogens with zero attached hydrogens (tertiary/aromatic N) is 2. The van der Waals surface area contributed by atoms with Gasteiger partial charge in [0.25, 0.3) is 0 Å². The molecule has 0 bridgehead atoms. The Labute approximate surface area is 159 Å². The first-order chi connectivity index (χ1) is 13.2. The first-order valence-electron chi connectivity index (χ1n) is 10.1. The summed E-state index contributed by atoms with van der Waals surface area (Å²) in [6.45, 7) is 3.00. The van der Waals surface area contributed by atoms with E-state index in [0.717, 1.165) is 37.5 Å². The highest BCUT2D eigenvalue weighted by atomic mass is 19.1. The van der Waals surface area contributed by atoms with Crippen molar-refractivity contribution in [2.24, 2.45) is 5.92 Å². The fourth-order valence-corrected chi connectivity index (χ4v) is 5.14. The Morgan fingerprint density at radius 2 is 1.89 bits per heavy atom. The van der Waals surface area contributed by atoms with Gasteiger partial charge in [-0.2, -0.15) is 0 Å². The minimum absolute atomic E-state index is 0.110. The van der Waals surface area contributed by atoms with Gasteiger partial charge < -0.3 is 4.90 Å². The largest absolute Gasteiger partial charge is 0.331 e. The molecule has 140 valence electrons. The van der Waals surface area contributed by atoms with Crippen molar-refractivity contribution < 1.29 is 9.18 Å².